The zero-order valence-corrected chi connectivity index (χ0v) is 16.1. The normalized spacial score (nSPS) is 16.3. The zero-order valence-electron chi connectivity index (χ0n) is 16.1. The molecule has 1 fully saturated rings. The van der Waals surface area contributed by atoms with Crippen molar-refractivity contribution in [3.63, 3.8) is 0 Å². The molecule has 6 heteroatoms. The van der Waals surface area contributed by atoms with Crippen molar-refractivity contribution in [1.29, 1.82) is 0 Å². The molecule has 0 radical (unpaired) electrons. The number of H-pyrrole nitrogens is 1. The van der Waals surface area contributed by atoms with Crippen LogP contribution in [-0.2, 0) is 11.2 Å². The molecule has 2 aromatic carbocycles. The lowest BCUT2D eigenvalue weighted by atomic mass is 9.98. The highest BCUT2D eigenvalue weighted by atomic mass is 16.7. The average molecular weight is 393 g/mol. The fourth-order valence-corrected chi connectivity index (χ4v) is 4.31. The number of aromatic amines is 1. The highest BCUT2D eigenvalue weighted by Crippen LogP contribution is 2.39. The van der Waals surface area contributed by atoms with Crippen LogP contribution in [0.5, 0.6) is 17.2 Å². The Morgan fingerprint density at radius 3 is 2.72 bits per heavy atom. The Bertz CT molecular complexity index is 1060. The van der Waals surface area contributed by atoms with E-state index in [4.69, 9.17) is 14.2 Å². The molecular formula is C23H23NO5. The number of ether oxygens (including phenoxy) is 3. The van der Waals surface area contributed by atoms with E-state index in [1.165, 1.54) is 19.3 Å². The molecule has 0 spiro atoms. The van der Waals surface area contributed by atoms with Gasteiger partial charge >= 0.3 is 5.97 Å². The van der Waals surface area contributed by atoms with Gasteiger partial charge in [-0.3, -0.25) is 4.79 Å². The number of hydrogen-bond acceptors (Lipinski definition) is 4. The molecule has 2 heterocycles. The topological polar surface area (TPSA) is 80.8 Å². The molecule has 3 aromatic rings. The summed E-state index contributed by atoms with van der Waals surface area (Å²) >= 11 is 0. The lowest BCUT2D eigenvalue weighted by Gasteiger charge is -2.23. The van der Waals surface area contributed by atoms with Crippen LogP contribution in [0.1, 0.15) is 37.7 Å². The van der Waals surface area contributed by atoms with Gasteiger partial charge in [-0.2, -0.15) is 0 Å². The van der Waals surface area contributed by atoms with Crippen LogP contribution in [0.15, 0.2) is 36.4 Å². The Kier molecular flexibility index (Phi) is 4.54. The molecule has 150 valence electrons. The second-order valence-electron chi connectivity index (χ2n) is 7.70. The third-order valence-electron chi connectivity index (χ3n) is 5.72. The third-order valence-corrected chi connectivity index (χ3v) is 5.72. The SMILES string of the molecule is O=C(O)Cc1c(-c2ccc3c(c2)OCO3)[nH]c2ccc(OC3CCCCC3)cc12. The molecule has 1 aliphatic heterocycles. The van der Waals surface area contributed by atoms with Crippen LogP contribution in [0.2, 0.25) is 0 Å². The standard InChI is InChI=1S/C23H23NO5/c25-22(26)12-18-17-11-16(29-15-4-2-1-3-5-15)7-8-19(17)24-23(18)14-6-9-20-21(10-14)28-13-27-20/h6-11,15,24H,1-5,12-13H2,(H,25,26). The average Bonchev–Trinajstić information content (AvgIpc) is 3.33. The summed E-state index contributed by atoms with van der Waals surface area (Å²) in [6.45, 7) is 0.204. The fourth-order valence-electron chi connectivity index (χ4n) is 4.31. The predicted octanol–water partition coefficient (Wildman–Crippen LogP) is 4.90. The summed E-state index contributed by atoms with van der Waals surface area (Å²) in [5.41, 5.74) is 3.30. The summed E-state index contributed by atoms with van der Waals surface area (Å²) in [5, 5.41) is 10.4. The fraction of sp³-hybridized carbons (Fsp3) is 0.348. The number of aromatic nitrogens is 1. The van der Waals surface area contributed by atoms with Gasteiger partial charge in [0.05, 0.1) is 18.2 Å². The summed E-state index contributed by atoms with van der Waals surface area (Å²) in [5.74, 6) is 1.30. The molecule has 2 aliphatic rings. The van der Waals surface area contributed by atoms with Gasteiger partial charge in [0.2, 0.25) is 6.79 Å². The van der Waals surface area contributed by atoms with Crippen LogP contribution in [0, 0.1) is 0 Å². The molecule has 1 aromatic heterocycles. The maximum absolute atomic E-state index is 11.6. The highest BCUT2D eigenvalue weighted by molar-refractivity contribution is 5.95. The minimum Gasteiger partial charge on any atom is -0.490 e. The molecule has 0 bridgehead atoms. The predicted molar refractivity (Wildman–Crippen MR) is 109 cm³/mol. The number of fused-ring (bicyclic) bond motifs is 2. The molecule has 0 unspecified atom stereocenters. The number of carboxylic acid groups (broad SMARTS) is 1. The minimum atomic E-state index is -0.869. The molecule has 2 N–H and O–H groups in total. The number of carbonyl (C=O) groups is 1. The quantitative estimate of drug-likeness (QED) is 0.644. The van der Waals surface area contributed by atoms with Crippen molar-refractivity contribution >= 4 is 16.9 Å². The molecule has 0 amide bonds. The summed E-state index contributed by atoms with van der Waals surface area (Å²) < 4.78 is 17.1. The lowest BCUT2D eigenvalue weighted by molar-refractivity contribution is -0.136. The van der Waals surface area contributed by atoms with Gasteiger partial charge in [0.1, 0.15) is 5.75 Å². The van der Waals surface area contributed by atoms with Gasteiger partial charge in [0, 0.05) is 16.5 Å². The Labute approximate surface area is 168 Å². The van der Waals surface area contributed by atoms with E-state index >= 15 is 0 Å². The van der Waals surface area contributed by atoms with Crippen LogP contribution in [0.3, 0.4) is 0 Å². The number of nitrogens with one attached hydrogen (secondary N) is 1. The molecule has 0 atom stereocenters. The summed E-state index contributed by atoms with van der Waals surface area (Å²) in [6.07, 6.45) is 6.02. The van der Waals surface area contributed by atoms with Gasteiger partial charge in [-0.15, -0.1) is 0 Å². The van der Waals surface area contributed by atoms with Crippen molar-refractivity contribution in [3.05, 3.63) is 42.0 Å². The van der Waals surface area contributed by atoms with Crippen LogP contribution in [0.4, 0.5) is 0 Å². The van der Waals surface area contributed by atoms with Crippen molar-refractivity contribution in [3.8, 4) is 28.5 Å². The maximum atomic E-state index is 11.6. The largest absolute Gasteiger partial charge is 0.490 e. The highest BCUT2D eigenvalue weighted by Gasteiger charge is 2.21. The Balaban J connectivity index is 1.55. The van der Waals surface area contributed by atoms with Crippen LogP contribution in [0.25, 0.3) is 22.2 Å². The number of benzene rings is 2. The van der Waals surface area contributed by atoms with E-state index in [9.17, 15) is 9.90 Å². The molecule has 29 heavy (non-hydrogen) atoms. The Morgan fingerprint density at radius 2 is 1.90 bits per heavy atom. The second kappa shape index (κ2) is 7.35. The number of aliphatic carboxylic acids is 1. The van der Waals surface area contributed by atoms with E-state index in [2.05, 4.69) is 4.98 Å². The first-order valence-corrected chi connectivity index (χ1v) is 10.1. The number of carboxylic acids is 1. The van der Waals surface area contributed by atoms with Gasteiger partial charge in [-0.25, -0.2) is 0 Å². The van der Waals surface area contributed by atoms with E-state index in [1.54, 1.807) is 0 Å². The van der Waals surface area contributed by atoms with Crippen molar-refractivity contribution in [2.45, 2.75) is 44.6 Å². The molecule has 1 saturated carbocycles. The minimum absolute atomic E-state index is 0.0728. The van der Waals surface area contributed by atoms with Gasteiger partial charge in [-0.05, 0) is 67.6 Å². The first-order chi connectivity index (χ1) is 14.2. The smallest absolute Gasteiger partial charge is 0.307 e. The number of rotatable bonds is 5. The lowest BCUT2D eigenvalue weighted by Crippen LogP contribution is -2.19. The van der Waals surface area contributed by atoms with Crippen LogP contribution >= 0.6 is 0 Å². The van der Waals surface area contributed by atoms with Gasteiger partial charge in [-0.1, -0.05) is 6.42 Å². The van der Waals surface area contributed by atoms with Crippen LogP contribution in [-0.4, -0.2) is 29.0 Å². The van der Waals surface area contributed by atoms with Gasteiger partial charge < -0.3 is 24.3 Å². The maximum Gasteiger partial charge on any atom is 0.307 e. The van der Waals surface area contributed by atoms with E-state index in [1.807, 2.05) is 36.4 Å². The van der Waals surface area contributed by atoms with E-state index in [0.717, 1.165) is 46.3 Å². The van der Waals surface area contributed by atoms with Crippen molar-refractivity contribution in [2.75, 3.05) is 6.79 Å². The van der Waals surface area contributed by atoms with Crippen LogP contribution < -0.4 is 14.2 Å². The van der Waals surface area contributed by atoms with Crippen molar-refractivity contribution in [2.24, 2.45) is 0 Å². The monoisotopic (exact) mass is 393 g/mol. The summed E-state index contributed by atoms with van der Waals surface area (Å²) in [4.78, 5) is 15.0. The van der Waals surface area contributed by atoms with Crippen molar-refractivity contribution < 1.29 is 24.1 Å². The van der Waals surface area contributed by atoms with Crippen molar-refractivity contribution in [1.82, 2.24) is 4.98 Å². The first kappa shape index (κ1) is 17.9. The van der Waals surface area contributed by atoms with E-state index in [-0.39, 0.29) is 19.3 Å². The molecule has 6 nitrogen and oxygen atoms in total. The first-order valence-electron chi connectivity index (χ1n) is 10.1. The van der Waals surface area contributed by atoms with E-state index in [0.29, 0.717) is 11.5 Å². The Hall–Kier alpha value is -3.15. The zero-order chi connectivity index (χ0) is 19.8. The molecule has 0 saturated heterocycles. The molecular weight excluding hydrogens is 370 g/mol. The molecule has 1 aliphatic carbocycles. The van der Waals surface area contributed by atoms with E-state index < -0.39 is 5.97 Å². The summed E-state index contributed by atoms with van der Waals surface area (Å²) in [6, 6.07) is 11.6. The van der Waals surface area contributed by atoms with Gasteiger partial charge in [0.25, 0.3) is 0 Å². The molecule has 5 rings (SSSR count). The number of hydrogen-bond donors (Lipinski definition) is 2. The Morgan fingerprint density at radius 1 is 1.07 bits per heavy atom. The summed E-state index contributed by atoms with van der Waals surface area (Å²) in [7, 11) is 0. The van der Waals surface area contributed by atoms with Gasteiger partial charge in [0.15, 0.2) is 11.5 Å². The second-order valence-corrected chi connectivity index (χ2v) is 7.70. The third kappa shape index (κ3) is 3.50.